The van der Waals surface area contributed by atoms with Gasteiger partial charge in [0.1, 0.15) is 0 Å². The van der Waals surface area contributed by atoms with E-state index in [2.05, 4.69) is 62.2 Å². The summed E-state index contributed by atoms with van der Waals surface area (Å²) in [6.07, 6.45) is 0. The van der Waals surface area contributed by atoms with Crippen LogP contribution in [0.25, 0.3) is 0 Å². The average molecular weight is 324 g/mol. The number of amides is 1. The van der Waals surface area contributed by atoms with E-state index in [-0.39, 0.29) is 5.91 Å². The Kier molecular flexibility index (Phi) is 6.56. The van der Waals surface area contributed by atoms with Gasteiger partial charge >= 0.3 is 0 Å². The fourth-order valence-corrected chi connectivity index (χ4v) is 2.58. The van der Waals surface area contributed by atoms with Crippen molar-refractivity contribution >= 4 is 11.6 Å². The first-order chi connectivity index (χ1) is 11.5. The molecule has 2 aromatic carbocycles. The molecule has 0 heterocycles. The normalized spacial score (nSPS) is 11.3. The molecule has 3 nitrogen and oxygen atoms in total. The molecule has 0 saturated carbocycles. The van der Waals surface area contributed by atoms with E-state index < -0.39 is 0 Å². The van der Waals surface area contributed by atoms with Crippen LogP contribution in [0.2, 0.25) is 0 Å². The van der Waals surface area contributed by atoms with Crippen molar-refractivity contribution in [2.75, 3.05) is 11.9 Å². The molecule has 0 aliphatic rings. The minimum absolute atomic E-state index is 0.0249. The lowest BCUT2D eigenvalue weighted by Gasteiger charge is -2.26. The van der Waals surface area contributed by atoms with Gasteiger partial charge in [-0.25, -0.2) is 0 Å². The Morgan fingerprint density at radius 2 is 1.58 bits per heavy atom. The fraction of sp³-hybridized carbons (Fsp3) is 0.381. The standard InChI is InChI=1S/C21H28N2O/c1-16(2)19-10-12-20(13-11-19)22-21(24)15-23(17(3)4)14-18-8-6-5-7-9-18/h5-13,16-17H,14-15H2,1-4H3,(H,22,24). The van der Waals surface area contributed by atoms with E-state index in [4.69, 9.17) is 0 Å². The minimum Gasteiger partial charge on any atom is -0.325 e. The van der Waals surface area contributed by atoms with E-state index in [1.165, 1.54) is 11.1 Å². The molecule has 0 fully saturated rings. The third-order valence-corrected chi connectivity index (χ3v) is 4.17. The van der Waals surface area contributed by atoms with E-state index in [1.807, 2.05) is 30.3 Å². The number of hydrogen-bond donors (Lipinski definition) is 1. The molecule has 24 heavy (non-hydrogen) atoms. The SMILES string of the molecule is CC(C)c1ccc(NC(=O)CN(Cc2ccccc2)C(C)C)cc1. The van der Waals surface area contributed by atoms with Crippen LogP contribution in [-0.2, 0) is 11.3 Å². The lowest BCUT2D eigenvalue weighted by Crippen LogP contribution is -2.37. The zero-order chi connectivity index (χ0) is 17.5. The molecule has 0 bridgehead atoms. The van der Waals surface area contributed by atoms with E-state index in [0.29, 0.717) is 18.5 Å². The molecule has 0 aliphatic heterocycles. The van der Waals surface area contributed by atoms with Crippen molar-refractivity contribution in [2.24, 2.45) is 0 Å². The molecule has 0 spiro atoms. The van der Waals surface area contributed by atoms with Gasteiger partial charge in [0.25, 0.3) is 0 Å². The second-order valence-corrected chi connectivity index (χ2v) is 6.81. The summed E-state index contributed by atoms with van der Waals surface area (Å²) in [5, 5.41) is 3.00. The van der Waals surface area contributed by atoms with Crippen molar-refractivity contribution < 1.29 is 4.79 Å². The number of carbonyl (C=O) groups excluding carboxylic acids is 1. The number of hydrogen-bond acceptors (Lipinski definition) is 2. The summed E-state index contributed by atoms with van der Waals surface area (Å²) in [5.41, 5.74) is 3.36. The summed E-state index contributed by atoms with van der Waals surface area (Å²) in [5.74, 6) is 0.522. The monoisotopic (exact) mass is 324 g/mol. The lowest BCUT2D eigenvalue weighted by atomic mass is 10.0. The van der Waals surface area contributed by atoms with Crippen LogP contribution in [0, 0.1) is 0 Å². The highest BCUT2D eigenvalue weighted by Crippen LogP contribution is 2.17. The van der Waals surface area contributed by atoms with Crippen molar-refractivity contribution in [3.05, 3.63) is 65.7 Å². The summed E-state index contributed by atoms with van der Waals surface area (Å²) in [6.45, 7) is 9.73. The van der Waals surface area contributed by atoms with Crippen LogP contribution in [-0.4, -0.2) is 23.4 Å². The Bertz CT molecular complexity index is 633. The van der Waals surface area contributed by atoms with Gasteiger partial charge < -0.3 is 5.32 Å². The van der Waals surface area contributed by atoms with Crippen molar-refractivity contribution in [2.45, 2.75) is 46.2 Å². The summed E-state index contributed by atoms with van der Waals surface area (Å²) in [7, 11) is 0. The van der Waals surface area contributed by atoms with Crippen LogP contribution in [0.15, 0.2) is 54.6 Å². The number of nitrogens with one attached hydrogen (secondary N) is 1. The first-order valence-corrected chi connectivity index (χ1v) is 8.63. The van der Waals surface area contributed by atoms with E-state index >= 15 is 0 Å². The topological polar surface area (TPSA) is 32.3 Å². The summed E-state index contributed by atoms with van der Waals surface area (Å²) < 4.78 is 0. The summed E-state index contributed by atoms with van der Waals surface area (Å²) in [4.78, 5) is 14.6. The highest BCUT2D eigenvalue weighted by atomic mass is 16.2. The molecule has 0 aliphatic carbocycles. The minimum atomic E-state index is 0.0249. The van der Waals surface area contributed by atoms with Crippen molar-refractivity contribution in [3.63, 3.8) is 0 Å². The van der Waals surface area contributed by atoms with Gasteiger partial charge in [-0.05, 0) is 43.0 Å². The second kappa shape index (κ2) is 8.65. The molecule has 3 heteroatoms. The smallest absolute Gasteiger partial charge is 0.238 e. The number of nitrogens with zero attached hydrogens (tertiary/aromatic N) is 1. The quantitative estimate of drug-likeness (QED) is 0.803. The third-order valence-electron chi connectivity index (χ3n) is 4.17. The maximum atomic E-state index is 12.4. The molecule has 0 saturated heterocycles. The van der Waals surface area contributed by atoms with E-state index in [1.54, 1.807) is 0 Å². The summed E-state index contributed by atoms with van der Waals surface area (Å²) in [6, 6.07) is 18.7. The molecule has 0 unspecified atom stereocenters. The van der Waals surface area contributed by atoms with Gasteiger partial charge in [-0.1, -0.05) is 56.3 Å². The van der Waals surface area contributed by atoms with E-state index in [9.17, 15) is 4.79 Å². The van der Waals surface area contributed by atoms with Crippen LogP contribution in [0.4, 0.5) is 5.69 Å². The highest BCUT2D eigenvalue weighted by molar-refractivity contribution is 5.92. The maximum Gasteiger partial charge on any atom is 0.238 e. The number of benzene rings is 2. The van der Waals surface area contributed by atoms with Gasteiger partial charge in [0.15, 0.2) is 0 Å². The predicted molar refractivity (Wildman–Crippen MR) is 101 cm³/mol. The van der Waals surface area contributed by atoms with Crippen LogP contribution < -0.4 is 5.32 Å². The lowest BCUT2D eigenvalue weighted by molar-refractivity contribution is -0.117. The predicted octanol–water partition coefficient (Wildman–Crippen LogP) is 4.66. The molecule has 1 N–H and O–H groups in total. The molecule has 128 valence electrons. The Hall–Kier alpha value is -2.13. The van der Waals surface area contributed by atoms with Gasteiger partial charge in [0.2, 0.25) is 5.91 Å². The first kappa shape index (κ1) is 18.2. The van der Waals surface area contributed by atoms with Crippen molar-refractivity contribution in [3.8, 4) is 0 Å². The zero-order valence-corrected chi connectivity index (χ0v) is 15.1. The Morgan fingerprint density at radius 1 is 0.958 bits per heavy atom. The third kappa shape index (κ3) is 5.50. The van der Waals surface area contributed by atoms with Crippen molar-refractivity contribution in [1.29, 1.82) is 0 Å². The Balaban J connectivity index is 1.95. The molecular formula is C21H28N2O. The van der Waals surface area contributed by atoms with Crippen LogP contribution in [0.1, 0.15) is 44.7 Å². The number of rotatable bonds is 7. The van der Waals surface area contributed by atoms with Crippen LogP contribution in [0.3, 0.4) is 0 Å². The fourth-order valence-electron chi connectivity index (χ4n) is 2.58. The summed E-state index contributed by atoms with van der Waals surface area (Å²) >= 11 is 0. The van der Waals surface area contributed by atoms with E-state index in [0.717, 1.165) is 12.2 Å². The van der Waals surface area contributed by atoms with Crippen LogP contribution >= 0.6 is 0 Å². The second-order valence-electron chi connectivity index (χ2n) is 6.81. The molecule has 0 atom stereocenters. The molecule has 2 rings (SSSR count). The van der Waals surface area contributed by atoms with Crippen LogP contribution in [0.5, 0.6) is 0 Å². The number of anilines is 1. The van der Waals surface area contributed by atoms with Gasteiger partial charge in [-0.15, -0.1) is 0 Å². The molecule has 1 amide bonds. The van der Waals surface area contributed by atoms with Gasteiger partial charge in [-0.2, -0.15) is 0 Å². The molecule has 0 radical (unpaired) electrons. The van der Waals surface area contributed by atoms with Crippen molar-refractivity contribution in [1.82, 2.24) is 4.90 Å². The highest BCUT2D eigenvalue weighted by Gasteiger charge is 2.14. The largest absolute Gasteiger partial charge is 0.325 e. The average Bonchev–Trinajstić information content (AvgIpc) is 2.55. The van der Waals surface area contributed by atoms with Gasteiger partial charge in [0.05, 0.1) is 6.54 Å². The Morgan fingerprint density at radius 3 is 2.12 bits per heavy atom. The maximum absolute atomic E-state index is 12.4. The number of carbonyl (C=O) groups is 1. The molecule has 2 aromatic rings. The van der Waals surface area contributed by atoms with Gasteiger partial charge in [0, 0.05) is 18.3 Å². The molecule has 0 aromatic heterocycles. The zero-order valence-electron chi connectivity index (χ0n) is 15.1. The Labute approximate surface area is 145 Å². The van der Waals surface area contributed by atoms with Gasteiger partial charge in [-0.3, -0.25) is 9.69 Å². The first-order valence-electron chi connectivity index (χ1n) is 8.63. The molecular weight excluding hydrogens is 296 g/mol.